The van der Waals surface area contributed by atoms with Crippen molar-refractivity contribution in [3.63, 3.8) is 0 Å². The highest BCUT2D eigenvalue weighted by Crippen LogP contribution is 2.23. The van der Waals surface area contributed by atoms with E-state index in [1.54, 1.807) is 0 Å². The van der Waals surface area contributed by atoms with E-state index in [9.17, 15) is 19.2 Å². The SMILES string of the molecule is O=CC1C(=O)CCC(=O)C1C(=O)O. The Morgan fingerprint density at radius 1 is 1.31 bits per heavy atom. The summed E-state index contributed by atoms with van der Waals surface area (Å²) in [5, 5.41) is 8.60. The Hall–Kier alpha value is -1.52. The highest BCUT2D eigenvalue weighted by molar-refractivity contribution is 6.11. The molecule has 0 aliphatic heterocycles. The molecule has 2 unspecified atom stereocenters. The maximum Gasteiger partial charge on any atom is 0.315 e. The van der Waals surface area contributed by atoms with Gasteiger partial charge in [0.2, 0.25) is 0 Å². The second-order valence-electron chi connectivity index (χ2n) is 2.91. The molecule has 5 heteroatoms. The molecule has 1 aliphatic carbocycles. The van der Waals surface area contributed by atoms with Gasteiger partial charge in [0, 0.05) is 12.8 Å². The summed E-state index contributed by atoms with van der Waals surface area (Å²) in [6, 6.07) is 0. The summed E-state index contributed by atoms with van der Waals surface area (Å²) in [7, 11) is 0. The van der Waals surface area contributed by atoms with E-state index in [-0.39, 0.29) is 19.1 Å². The topological polar surface area (TPSA) is 88.5 Å². The van der Waals surface area contributed by atoms with Crippen LogP contribution in [-0.4, -0.2) is 28.9 Å². The molecule has 0 aromatic rings. The lowest BCUT2D eigenvalue weighted by atomic mass is 9.78. The van der Waals surface area contributed by atoms with Gasteiger partial charge in [-0.05, 0) is 0 Å². The number of ketones is 2. The molecule has 0 bridgehead atoms. The Bertz CT molecular complexity index is 280. The average Bonchev–Trinajstić information content (AvgIpc) is 2.07. The van der Waals surface area contributed by atoms with Gasteiger partial charge in [-0.3, -0.25) is 14.4 Å². The first-order chi connectivity index (χ1) is 6.07. The molecule has 1 fully saturated rings. The van der Waals surface area contributed by atoms with Crippen LogP contribution in [0.2, 0.25) is 0 Å². The minimum Gasteiger partial charge on any atom is -0.481 e. The maximum absolute atomic E-state index is 11.1. The monoisotopic (exact) mass is 184 g/mol. The van der Waals surface area contributed by atoms with Crippen LogP contribution in [0.4, 0.5) is 0 Å². The molecule has 0 saturated heterocycles. The zero-order chi connectivity index (χ0) is 10.0. The van der Waals surface area contributed by atoms with Crippen LogP contribution >= 0.6 is 0 Å². The Kier molecular flexibility index (Phi) is 2.55. The van der Waals surface area contributed by atoms with E-state index in [1.165, 1.54) is 0 Å². The van der Waals surface area contributed by atoms with Crippen molar-refractivity contribution in [1.29, 1.82) is 0 Å². The molecule has 70 valence electrons. The van der Waals surface area contributed by atoms with Gasteiger partial charge in [0.15, 0.2) is 0 Å². The fraction of sp³-hybridized carbons (Fsp3) is 0.500. The Morgan fingerprint density at radius 2 is 1.85 bits per heavy atom. The normalized spacial score (nSPS) is 28.6. The second-order valence-corrected chi connectivity index (χ2v) is 2.91. The number of hydrogen-bond donors (Lipinski definition) is 1. The summed E-state index contributed by atoms with van der Waals surface area (Å²) in [5.41, 5.74) is 0. The van der Waals surface area contributed by atoms with E-state index in [0.717, 1.165) is 0 Å². The minimum atomic E-state index is -1.46. The average molecular weight is 184 g/mol. The zero-order valence-corrected chi connectivity index (χ0v) is 6.73. The van der Waals surface area contributed by atoms with Crippen LogP contribution in [0.3, 0.4) is 0 Å². The summed E-state index contributed by atoms with van der Waals surface area (Å²) in [4.78, 5) is 43.0. The van der Waals surface area contributed by atoms with E-state index in [4.69, 9.17) is 5.11 Å². The Labute approximate surface area is 73.7 Å². The first-order valence-electron chi connectivity index (χ1n) is 3.81. The van der Waals surface area contributed by atoms with E-state index in [2.05, 4.69) is 0 Å². The molecule has 1 saturated carbocycles. The number of hydrogen-bond acceptors (Lipinski definition) is 4. The van der Waals surface area contributed by atoms with Crippen molar-refractivity contribution in [3.8, 4) is 0 Å². The van der Waals surface area contributed by atoms with Crippen molar-refractivity contribution in [2.45, 2.75) is 12.8 Å². The van der Waals surface area contributed by atoms with Crippen LogP contribution in [-0.2, 0) is 19.2 Å². The summed E-state index contributed by atoms with van der Waals surface area (Å²) in [5.74, 6) is -5.13. The molecule has 0 aromatic carbocycles. The first kappa shape index (κ1) is 9.57. The predicted octanol–water partition coefficient (Wildman–Crippen LogP) is -0.566. The van der Waals surface area contributed by atoms with Crippen LogP contribution in [0.25, 0.3) is 0 Å². The van der Waals surface area contributed by atoms with Crippen molar-refractivity contribution in [3.05, 3.63) is 0 Å². The molecule has 1 N–H and O–H groups in total. The summed E-state index contributed by atoms with van der Waals surface area (Å²) < 4.78 is 0. The standard InChI is InChI=1S/C8H8O5/c9-3-4-5(10)1-2-6(11)7(4)8(12)13/h3-4,7H,1-2H2,(H,12,13). The molecule has 0 amide bonds. The molecule has 1 aliphatic rings. The lowest BCUT2D eigenvalue weighted by molar-refractivity contribution is -0.155. The lowest BCUT2D eigenvalue weighted by Gasteiger charge is -2.21. The highest BCUT2D eigenvalue weighted by atomic mass is 16.4. The molecule has 0 aromatic heterocycles. The van der Waals surface area contributed by atoms with Gasteiger partial charge < -0.3 is 9.90 Å². The predicted molar refractivity (Wildman–Crippen MR) is 39.9 cm³/mol. The van der Waals surface area contributed by atoms with E-state index >= 15 is 0 Å². The van der Waals surface area contributed by atoms with E-state index < -0.39 is 29.4 Å². The number of aldehydes is 1. The maximum atomic E-state index is 11.1. The summed E-state index contributed by atoms with van der Waals surface area (Å²) in [6.45, 7) is 0. The van der Waals surface area contributed by atoms with Crippen LogP contribution in [0, 0.1) is 11.8 Å². The van der Waals surface area contributed by atoms with Gasteiger partial charge in [-0.15, -0.1) is 0 Å². The Balaban J connectivity index is 2.96. The molecule has 2 atom stereocenters. The fourth-order valence-electron chi connectivity index (χ4n) is 1.40. The third-order valence-electron chi connectivity index (χ3n) is 2.11. The number of carboxylic acid groups (broad SMARTS) is 1. The molecule has 1 rings (SSSR count). The van der Waals surface area contributed by atoms with Gasteiger partial charge in [0.05, 0.1) is 5.92 Å². The Morgan fingerprint density at radius 3 is 2.23 bits per heavy atom. The van der Waals surface area contributed by atoms with Crippen molar-refractivity contribution >= 4 is 23.8 Å². The number of carbonyl (C=O) groups excluding carboxylic acids is 3. The molecule has 0 radical (unpaired) electrons. The smallest absolute Gasteiger partial charge is 0.315 e. The number of carbonyl (C=O) groups is 4. The van der Waals surface area contributed by atoms with Gasteiger partial charge >= 0.3 is 5.97 Å². The molecule has 0 spiro atoms. The van der Waals surface area contributed by atoms with Crippen molar-refractivity contribution in [2.75, 3.05) is 0 Å². The fourth-order valence-corrected chi connectivity index (χ4v) is 1.40. The molecular formula is C8H8O5. The number of aliphatic carboxylic acids is 1. The van der Waals surface area contributed by atoms with Crippen LogP contribution in [0.15, 0.2) is 0 Å². The molecule has 13 heavy (non-hydrogen) atoms. The summed E-state index contributed by atoms with van der Waals surface area (Å²) in [6.07, 6.45) is 0.157. The van der Waals surface area contributed by atoms with Crippen LogP contribution in [0.5, 0.6) is 0 Å². The largest absolute Gasteiger partial charge is 0.481 e. The van der Waals surface area contributed by atoms with E-state index in [0.29, 0.717) is 0 Å². The van der Waals surface area contributed by atoms with Crippen molar-refractivity contribution in [1.82, 2.24) is 0 Å². The molecule has 0 heterocycles. The van der Waals surface area contributed by atoms with Gasteiger partial charge in [-0.25, -0.2) is 0 Å². The van der Waals surface area contributed by atoms with Crippen LogP contribution in [0.1, 0.15) is 12.8 Å². The number of carboxylic acids is 1. The highest BCUT2D eigenvalue weighted by Gasteiger charge is 2.42. The number of Topliss-reactive ketones (excluding diaryl/α,β-unsaturated/α-hetero) is 2. The third-order valence-corrected chi connectivity index (χ3v) is 2.11. The number of rotatable bonds is 2. The first-order valence-corrected chi connectivity index (χ1v) is 3.81. The van der Waals surface area contributed by atoms with Crippen molar-refractivity contribution < 1.29 is 24.3 Å². The zero-order valence-electron chi connectivity index (χ0n) is 6.73. The molecule has 5 nitrogen and oxygen atoms in total. The summed E-state index contributed by atoms with van der Waals surface area (Å²) >= 11 is 0. The van der Waals surface area contributed by atoms with Gasteiger partial charge in [0.25, 0.3) is 0 Å². The van der Waals surface area contributed by atoms with E-state index in [1.807, 2.05) is 0 Å². The van der Waals surface area contributed by atoms with Crippen LogP contribution < -0.4 is 0 Å². The minimum absolute atomic E-state index is 0.0218. The van der Waals surface area contributed by atoms with Crippen molar-refractivity contribution in [2.24, 2.45) is 11.8 Å². The van der Waals surface area contributed by atoms with Gasteiger partial charge in [0.1, 0.15) is 23.8 Å². The quantitative estimate of drug-likeness (QED) is 0.458. The third kappa shape index (κ3) is 1.63. The second kappa shape index (κ2) is 3.47. The lowest BCUT2D eigenvalue weighted by Crippen LogP contribution is -2.41. The van der Waals surface area contributed by atoms with Gasteiger partial charge in [-0.2, -0.15) is 0 Å². The molecular weight excluding hydrogens is 176 g/mol. The van der Waals surface area contributed by atoms with Gasteiger partial charge in [-0.1, -0.05) is 0 Å².